The van der Waals surface area contributed by atoms with Crippen LogP contribution in [0.1, 0.15) is 47.1 Å². The fourth-order valence-corrected chi connectivity index (χ4v) is 5.34. The number of fused-ring (bicyclic) bond motifs is 3. The van der Waals surface area contributed by atoms with E-state index in [0.717, 1.165) is 22.2 Å². The zero-order valence-corrected chi connectivity index (χ0v) is 24.1. The largest absolute Gasteiger partial charge is 0.491 e. The molecule has 1 aromatic heterocycles. The number of benzene rings is 1. The number of carbonyl (C=O) groups is 1. The number of nitrogens with zero attached hydrogens (tertiary/aromatic N) is 2. The lowest BCUT2D eigenvalue weighted by Crippen LogP contribution is -2.42. The Morgan fingerprint density at radius 1 is 1.20 bits per heavy atom. The van der Waals surface area contributed by atoms with Gasteiger partial charge in [-0.15, -0.1) is 0 Å². The minimum absolute atomic E-state index is 0.0985. The van der Waals surface area contributed by atoms with Crippen molar-refractivity contribution in [2.45, 2.75) is 85.6 Å². The first-order valence-electron chi connectivity index (χ1n) is 12.0. The van der Waals surface area contributed by atoms with E-state index in [9.17, 15) is 4.79 Å². The number of rotatable bonds is 11. The molecule has 3 rings (SSSR count). The van der Waals surface area contributed by atoms with Gasteiger partial charge in [-0.2, -0.15) is 5.10 Å². The first-order valence-corrected chi connectivity index (χ1v) is 14.9. The molecule has 35 heavy (non-hydrogen) atoms. The van der Waals surface area contributed by atoms with Gasteiger partial charge in [0.1, 0.15) is 30.9 Å². The van der Waals surface area contributed by atoms with Crippen molar-refractivity contribution in [1.82, 2.24) is 9.78 Å². The first kappa shape index (κ1) is 27.9. The molecule has 2 aromatic rings. The monoisotopic (exact) mass is 518 g/mol. The third kappa shape index (κ3) is 6.94. The first-order chi connectivity index (χ1) is 16.5. The third-order valence-corrected chi connectivity index (χ3v) is 7.25. The molecular formula is C25H38N2O6Si2. The van der Waals surface area contributed by atoms with Crippen molar-refractivity contribution >= 4 is 36.4 Å². The minimum atomic E-state index is -0.538. The molecule has 4 radical (unpaired) electrons. The molecule has 8 nitrogen and oxygen atoms in total. The van der Waals surface area contributed by atoms with Gasteiger partial charge >= 0.3 is 5.97 Å². The van der Waals surface area contributed by atoms with Gasteiger partial charge in [0, 0.05) is 29.3 Å². The summed E-state index contributed by atoms with van der Waals surface area (Å²) >= 11 is 0. The van der Waals surface area contributed by atoms with E-state index in [-0.39, 0.29) is 36.3 Å². The average molecular weight is 519 g/mol. The molecule has 0 N–H and O–H groups in total. The van der Waals surface area contributed by atoms with Crippen molar-refractivity contribution in [2.75, 3.05) is 13.2 Å². The lowest BCUT2D eigenvalue weighted by atomic mass is 9.79. The SMILES string of the molecule is C[Si]OC(O[Si]C)C(C)(C)[C@@H](C)Cn1ncc2ccc3c(c21)C[C@@H](OCC(=O)OC(C)(C)C)CO3. The van der Waals surface area contributed by atoms with E-state index in [0.29, 0.717) is 39.1 Å². The topological polar surface area (TPSA) is 81.0 Å². The summed E-state index contributed by atoms with van der Waals surface area (Å²) in [6.45, 7) is 17.2. The fourth-order valence-electron chi connectivity index (χ4n) is 4.11. The van der Waals surface area contributed by atoms with Crippen LogP contribution in [0.5, 0.6) is 5.75 Å². The normalized spacial score (nSPS) is 17.3. The molecule has 0 bridgehead atoms. The number of esters is 1. The molecule has 0 aliphatic carbocycles. The zero-order chi connectivity index (χ0) is 25.8. The Hall–Kier alpha value is -1.73. The van der Waals surface area contributed by atoms with Gasteiger partial charge < -0.3 is 23.1 Å². The maximum absolute atomic E-state index is 12.1. The maximum Gasteiger partial charge on any atom is 0.332 e. The van der Waals surface area contributed by atoms with E-state index in [1.54, 1.807) is 0 Å². The fraction of sp³-hybridized carbons (Fsp3) is 0.680. The van der Waals surface area contributed by atoms with Crippen molar-refractivity contribution in [3.8, 4) is 5.75 Å². The van der Waals surface area contributed by atoms with Gasteiger partial charge in [0.05, 0.1) is 17.8 Å². The van der Waals surface area contributed by atoms with Crippen molar-refractivity contribution < 1.29 is 27.9 Å². The van der Waals surface area contributed by atoms with Crippen LogP contribution in [-0.2, 0) is 36.1 Å². The molecule has 0 saturated carbocycles. The Bertz CT molecular complexity index is 998. The van der Waals surface area contributed by atoms with E-state index < -0.39 is 5.60 Å². The van der Waals surface area contributed by atoms with Crippen molar-refractivity contribution in [3.05, 3.63) is 23.9 Å². The molecule has 2 heterocycles. The number of ether oxygens (including phenoxy) is 3. The Morgan fingerprint density at radius 3 is 2.51 bits per heavy atom. The predicted octanol–water partition coefficient (Wildman–Crippen LogP) is 4.05. The van der Waals surface area contributed by atoms with Crippen molar-refractivity contribution in [2.24, 2.45) is 11.3 Å². The highest BCUT2D eigenvalue weighted by Gasteiger charge is 2.37. The number of hydrogen-bond donors (Lipinski definition) is 0. The molecule has 0 spiro atoms. The van der Waals surface area contributed by atoms with E-state index >= 15 is 0 Å². The smallest absolute Gasteiger partial charge is 0.332 e. The second-order valence-electron chi connectivity index (χ2n) is 10.5. The van der Waals surface area contributed by atoms with Crippen molar-refractivity contribution in [3.63, 3.8) is 0 Å². The number of carbonyl (C=O) groups excluding carboxylic acids is 1. The molecule has 192 valence electrons. The van der Waals surface area contributed by atoms with Crippen LogP contribution in [0.15, 0.2) is 18.3 Å². The van der Waals surface area contributed by atoms with Crippen LogP contribution in [0.3, 0.4) is 0 Å². The third-order valence-electron chi connectivity index (χ3n) is 6.35. The van der Waals surface area contributed by atoms with Gasteiger partial charge in [0.2, 0.25) is 19.5 Å². The van der Waals surface area contributed by atoms with E-state index in [2.05, 4.69) is 25.5 Å². The molecule has 0 saturated heterocycles. The summed E-state index contributed by atoms with van der Waals surface area (Å²) in [5, 5.41) is 5.77. The summed E-state index contributed by atoms with van der Waals surface area (Å²) in [6, 6.07) is 4.03. The number of hydrogen-bond acceptors (Lipinski definition) is 7. The lowest BCUT2D eigenvalue weighted by molar-refractivity contribution is -0.163. The van der Waals surface area contributed by atoms with Gasteiger partial charge in [0.15, 0.2) is 0 Å². The molecule has 1 aliphatic heterocycles. The molecule has 0 amide bonds. The molecule has 10 heteroatoms. The van der Waals surface area contributed by atoms with Gasteiger partial charge in [-0.25, -0.2) is 4.79 Å². The number of aromatic nitrogens is 2. The second kappa shape index (κ2) is 11.6. The van der Waals surface area contributed by atoms with Crippen molar-refractivity contribution in [1.29, 1.82) is 0 Å². The van der Waals surface area contributed by atoms with E-state index in [1.165, 1.54) is 0 Å². The van der Waals surface area contributed by atoms with Crippen LogP contribution >= 0.6 is 0 Å². The summed E-state index contributed by atoms with van der Waals surface area (Å²) in [6.07, 6.45) is 2.03. The quantitative estimate of drug-likeness (QED) is 0.252. The summed E-state index contributed by atoms with van der Waals surface area (Å²) in [5.41, 5.74) is 1.35. The lowest BCUT2D eigenvalue weighted by Gasteiger charge is -2.39. The maximum atomic E-state index is 12.1. The van der Waals surface area contributed by atoms with Gasteiger partial charge in [-0.1, -0.05) is 20.8 Å². The molecule has 1 aliphatic rings. The molecule has 0 unspecified atom stereocenters. The van der Waals surface area contributed by atoms with Crippen LogP contribution in [0, 0.1) is 11.3 Å². The zero-order valence-electron chi connectivity index (χ0n) is 22.1. The molecule has 1 aromatic carbocycles. The standard InChI is InChI=1S/C25H38N2O6Si2/c1-16(25(5,6)23(32-34-7)33-35-8)13-27-22-17(12-26-27)9-10-20-19(22)11-18(14-30-20)29-15-21(28)31-24(2,3)4/h9-10,12,16,18,23H,11,13-15H2,1-8H3/t16-,18+/m0/s1. The van der Waals surface area contributed by atoms with E-state index in [1.807, 2.05) is 52.2 Å². The van der Waals surface area contributed by atoms with Gasteiger partial charge in [-0.05, 0) is 51.9 Å². The van der Waals surface area contributed by atoms with Crippen LogP contribution in [-0.4, -0.2) is 66.5 Å². The average Bonchev–Trinajstić information content (AvgIpc) is 3.19. The summed E-state index contributed by atoms with van der Waals surface area (Å²) < 4.78 is 31.2. The predicted molar refractivity (Wildman–Crippen MR) is 137 cm³/mol. The van der Waals surface area contributed by atoms with Gasteiger partial charge in [-0.3, -0.25) is 4.68 Å². The molecule has 0 fully saturated rings. The van der Waals surface area contributed by atoms with Crippen LogP contribution < -0.4 is 4.74 Å². The minimum Gasteiger partial charge on any atom is -0.491 e. The highest BCUT2D eigenvalue weighted by molar-refractivity contribution is 6.26. The van der Waals surface area contributed by atoms with E-state index in [4.69, 9.17) is 28.2 Å². The second-order valence-corrected chi connectivity index (χ2v) is 11.8. The van der Waals surface area contributed by atoms with Crippen LogP contribution in [0.2, 0.25) is 13.1 Å². The Balaban J connectivity index is 1.78. The Labute approximate surface area is 213 Å². The Kier molecular flexibility index (Phi) is 9.19. The summed E-state index contributed by atoms with van der Waals surface area (Å²) in [7, 11) is 0.723. The van der Waals surface area contributed by atoms with Gasteiger partial charge in [0.25, 0.3) is 0 Å². The van der Waals surface area contributed by atoms with Crippen LogP contribution in [0.25, 0.3) is 10.9 Å². The Morgan fingerprint density at radius 2 is 1.89 bits per heavy atom. The highest BCUT2D eigenvalue weighted by Crippen LogP contribution is 2.37. The summed E-state index contributed by atoms with van der Waals surface area (Å²) in [5.74, 6) is 0.692. The molecule has 2 atom stereocenters. The summed E-state index contributed by atoms with van der Waals surface area (Å²) in [4.78, 5) is 12.1. The van der Waals surface area contributed by atoms with Crippen LogP contribution in [0.4, 0.5) is 0 Å². The highest BCUT2D eigenvalue weighted by atomic mass is 28.2. The molecular weight excluding hydrogens is 480 g/mol.